The van der Waals surface area contributed by atoms with Gasteiger partial charge in [-0.1, -0.05) is 42.5 Å². The Balaban J connectivity index is 2.20. The second-order valence-electron chi connectivity index (χ2n) is 4.56. The smallest absolute Gasteiger partial charge is 0.252 e. The van der Waals surface area contributed by atoms with Crippen LogP contribution in [0.15, 0.2) is 48.5 Å². The average Bonchev–Trinajstić information content (AvgIpc) is 2.48. The minimum Gasteiger partial charge on any atom is -0.394 e. The van der Waals surface area contributed by atoms with Gasteiger partial charge in [-0.2, -0.15) is 0 Å². The monoisotopic (exact) mass is 381 g/mol. The highest BCUT2D eigenvalue weighted by Gasteiger charge is 2.17. The lowest BCUT2D eigenvalue weighted by Gasteiger charge is -2.17. The summed E-state index contributed by atoms with van der Waals surface area (Å²) >= 11 is 2.17. The van der Waals surface area contributed by atoms with E-state index in [1.807, 2.05) is 49.4 Å². The SMILES string of the molecule is Cc1cccc(C(=O)NC(CO)c2ccccc2)c1I. The summed E-state index contributed by atoms with van der Waals surface area (Å²) in [5, 5.41) is 12.4. The first-order chi connectivity index (χ1) is 9.63. The number of carbonyl (C=O) groups is 1. The number of halogens is 1. The fraction of sp³-hybridized carbons (Fsp3) is 0.188. The summed E-state index contributed by atoms with van der Waals surface area (Å²) in [6, 6.07) is 14.7. The molecule has 1 unspecified atom stereocenters. The molecule has 0 fully saturated rings. The van der Waals surface area contributed by atoms with Gasteiger partial charge in [0.15, 0.2) is 0 Å². The molecule has 0 aliphatic carbocycles. The number of rotatable bonds is 4. The van der Waals surface area contributed by atoms with Crippen LogP contribution in [0.1, 0.15) is 27.5 Å². The number of nitrogens with one attached hydrogen (secondary N) is 1. The van der Waals surface area contributed by atoms with E-state index in [4.69, 9.17) is 0 Å². The molecule has 0 heterocycles. The van der Waals surface area contributed by atoms with E-state index in [9.17, 15) is 9.90 Å². The summed E-state index contributed by atoms with van der Waals surface area (Å²) in [5.74, 6) is -0.166. The van der Waals surface area contributed by atoms with E-state index < -0.39 is 0 Å². The van der Waals surface area contributed by atoms with Crippen LogP contribution in [0.5, 0.6) is 0 Å². The minimum atomic E-state index is -0.389. The third-order valence-corrected chi connectivity index (χ3v) is 4.56. The van der Waals surface area contributed by atoms with Crippen LogP contribution in [0.3, 0.4) is 0 Å². The molecule has 3 nitrogen and oxygen atoms in total. The van der Waals surface area contributed by atoms with Gasteiger partial charge in [0.05, 0.1) is 18.2 Å². The first-order valence-electron chi connectivity index (χ1n) is 6.35. The quantitative estimate of drug-likeness (QED) is 0.800. The Bertz CT molecular complexity index is 599. The van der Waals surface area contributed by atoms with Crippen molar-refractivity contribution >= 4 is 28.5 Å². The molecule has 0 saturated carbocycles. The highest BCUT2D eigenvalue weighted by Crippen LogP contribution is 2.18. The van der Waals surface area contributed by atoms with Gasteiger partial charge in [-0.05, 0) is 46.7 Å². The lowest BCUT2D eigenvalue weighted by Crippen LogP contribution is -2.31. The van der Waals surface area contributed by atoms with Gasteiger partial charge in [-0.3, -0.25) is 4.79 Å². The van der Waals surface area contributed by atoms with Crippen molar-refractivity contribution in [2.45, 2.75) is 13.0 Å². The Morgan fingerprint density at radius 3 is 2.55 bits per heavy atom. The van der Waals surface area contributed by atoms with Crippen molar-refractivity contribution in [1.82, 2.24) is 5.32 Å². The molecule has 0 bridgehead atoms. The predicted molar refractivity (Wildman–Crippen MR) is 87.6 cm³/mol. The highest BCUT2D eigenvalue weighted by atomic mass is 127. The zero-order valence-corrected chi connectivity index (χ0v) is 13.3. The molecular weight excluding hydrogens is 365 g/mol. The molecule has 1 amide bonds. The molecule has 2 rings (SSSR count). The Morgan fingerprint density at radius 1 is 1.20 bits per heavy atom. The van der Waals surface area contributed by atoms with Crippen molar-refractivity contribution in [3.05, 3.63) is 68.8 Å². The van der Waals surface area contributed by atoms with Crippen molar-refractivity contribution in [2.75, 3.05) is 6.61 Å². The van der Waals surface area contributed by atoms with Crippen LogP contribution < -0.4 is 5.32 Å². The molecule has 0 aliphatic rings. The van der Waals surface area contributed by atoms with Crippen LogP contribution in [-0.4, -0.2) is 17.6 Å². The predicted octanol–water partition coefficient (Wildman–Crippen LogP) is 3.06. The molecule has 104 valence electrons. The summed E-state index contributed by atoms with van der Waals surface area (Å²) in [6.07, 6.45) is 0. The van der Waals surface area contributed by atoms with Crippen molar-refractivity contribution in [3.63, 3.8) is 0 Å². The van der Waals surface area contributed by atoms with Gasteiger partial charge in [0.2, 0.25) is 0 Å². The lowest BCUT2D eigenvalue weighted by molar-refractivity contribution is 0.0915. The largest absolute Gasteiger partial charge is 0.394 e. The molecule has 20 heavy (non-hydrogen) atoms. The number of amides is 1. The molecule has 0 saturated heterocycles. The zero-order chi connectivity index (χ0) is 14.5. The van der Waals surface area contributed by atoms with E-state index in [1.54, 1.807) is 6.07 Å². The summed E-state index contributed by atoms with van der Waals surface area (Å²) in [4.78, 5) is 12.3. The summed E-state index contributed by atoms with van der Waals surface area (Å²) in [5.41, 5.74) is 2.60. The molecule has 1 atom stereocenters. The number of benzene rings is 2. The molecular formula is C16H16INO2. The van der Waals surface area contributed by atoms with Crippen molar-refractivity contribution < 1.29 is 9.90 Å². The topological polar surface area (TPSA) is 49.3 Å². The summed E-state index contributed by atoms with van der Waals surface area (Å²) in [6.45, 7) is 1.84. The van der Waals surface area contributed by atoms with Crippen LogP contribution in [0.2, 0.25) is 0 Å². The fourth-order valence-corrected chi connectivity index (χ4v) is 2.58. The van der Waals surface area contributed by atoms with Crippen LogP contribution in [-0.2, 0) is 0 Å². The third kappa shape index (κ3) is 3.37. The molecule has 0 aromatic heterocycles. The number of hydrogen-bond acceptors (Lipinski definition) is 2. The molecule has 4 heteroatoms. The van der Waals surface area contributed by atoms with Gasteiger partial charge < -0.3 is 10.4 Å². The Kier molecular flexibility index (Phi) is 5.14. The normalized spacial score (nSPS) is 11.9. The second kappa shape index (κ2) is 6.85. The Morgan fingerprint density at radius 2 is 1.90 bits per heavy atom. The van der Waals surface area contributed by atoms with E-state index in [-0.39, 0.29) is 18.6 Å². The maximum atomic E-state index is 12.3. The number of aliphatic hydroxyl groups is 1. The maximum absolute atomic E-state index is 12.3. The maximum Gasteiger partial charge on any atom is 0.252 e. The number of aliphatic hydroxyl groups excluding tert-OH is 1. The van der Waals surface area contributed by atoms with E-state index in [2.05, 4.69) is 27.9 Å². The molecule has 0 radical (unpaired) electrons. The van der Waals surface area contributed by atoms with E-state index in [0.717, 1.165) is 14.7 Å². The van der Waals surface area contributed by atoms with E-state index in [1.165, 1.54) is 0 Å². The van der Waals surface area contributed by atoms with Gasteiger partial charge in [-0.25, -0.2) is 0 Å². The van der Waals surface area contributed by atoms with E-state index >= 15 is 0 Å². The van der Waals surface area contributed by atoms with Gasteiger partial charge in [0.1, 0.15) is 0 Å². The first-order valence-corrected chi connectivity index (χ1v) is 7.43. The number of aryl methyl sites for hydroxylation is 1. The fourth-order valence-electron chi connectivity index (χ4n) is 1.98. The second-order valence-corrected chi connectivity index (χ2v) is 5.63. The van der Waals surface area contributed by atoms with Gasteiger partial charge in [-0.15, -0.1) is 0 Å². The summed E-state index contributed by atoms with van der Waals surface area (Å²) in [7, 11) is 0. The van der Waals surface area contributed by atoms with Crippen molar-refractivity contribution in [1.29, 1.82) is 0 Å². The van der Waals surface area contributed by atoms with Crippen molar-refractivity contribution in [3.8, 4) is 0 Å². The van der Waals surface area contributed by atoms with Crippen LogP contribution >= 0.6 is 22.6 Å². The van der Waals surface area contributed by atoms with E-state index in [0.29, 0.717) is 5.56 Å². The molecule has 0 aliphatic heterocycles. The van der Waals surface area contributed by atoms with Crippen molar-refractivity contribution in [2.24, 2.45) is 0 Å². The lowest BCUT2D eigenvalue weighted by atomic mass is 10.1. The Hall–Kier alpha value is -1.40. The number of hydrogen-bond donors (Lipinski definition) is 2. The Labute approximate surface area is 132 Å². The zero-order valence-electron chi connectivity index (χ0n) is 11.1. The molecule has 0 spiro atoms. The summed E-state index contributed by atoms with van der Waals surface area (Å²) < 4.78 is 0.937. The van der Waals surface area contributed by atoms with Crippen LogP contribution in [0, 0.1) is 10.5 Å². The van der Waals surface area contributed by atoms with Crippen LogP contribution in [0.25, 0.3) is 0 Å². The number of carbonyl (C=O) groups excluding carboxylic acids is 1. The first kappa shape index (κ1) is 15.0. The molecule has 2 aromatic carbocycles. The van der Waals surface area contributed by atoms with Gasteiger partial charge in [0, 0.05) is 3.57 Å². The van der Waals surface area contributed by atoms with Crippen LogP contribution in [0.4, 0.5) is 0 Å². The van der Waals surface area contributed by atoms with Gasteiger partial charge in [0.25, 0.3) is 5.91 Å². The average molecular weight is 381 g/mol. The highest BCUT2D eigenvalue weighted by molar-refractivity contribution is 14.1. The standard InChI is InChI=1S/C16H16INO2/c1-11-6-5-9-13(15(11)17)16(20)18-14(10-19)12-7-3-2-4-8-12/h2-9,14,19H,10H2,1H3,(H,18,20). The molecule has 2 N–H and O–H groups in total. The third-order valence-electron chi connectivity index (χ3n) is 3.13. The molecule has 2 aromatic rings. The minimum absolute atomic E-state index is 0.127. The van der Waals surface area contributed by atoms with Gasteiger partial charge >= 0.3 is 0 Å².